The Morgan fingerprint density at radius 3 is 2.38 bits per heavy atom. The fourth-order valence-electron chi connectivity index (χ4n) is 4.11. The molecule has 3 rings (SSSR count). The first-order valence-corrected chi connectivity index (χ1v) is 10.0. The number of aryl methyl sites for hydroxylation is 1. The van der Waals surface area contributed by atoms with Crippen LogP contribution in [0.2, 0.25) is 5.02 Å². The maximum Gasteiger partial charge on any atom is 0.325 e. The van der Waals surface area contributed by atoms with Crippen molar-refractivity contribution >= 4 is 29.3 Å². The van der Waals surface area contributed by atoms with Gasteiger partial charge in [-0.3, -0.25) is 14.5 Å². The second-order valence-corrected chi connectivity index (χ2v) is 8.71. The van der Waals surface area contributed by atoms with Crippen LogP contribution in [0.5, 0.6) is 0 Å². The van der Waals surface area contributed by atoms with Crippen LogP contribution >= 0.6 is 11.6 Å². The topological polar surface area (TPSA) is 71.4 Å². The monoisotopic (exact) mass is 415 g/mol. The van der Waals surface area contributed by atoms with Gasteiger partial charge in [-0.25, -0.2) is 4.79 Å². The van der Waals surface area contributed by atoms with Crippen LogP contribution in [0.15, 0.2) is 30.3 Å². The number of halogens is 1. The number of hydrogen-bond acceptors (Lipinski definition) is 3. The quantitative estimate of drug-likeness (QED) is 0.565. The van der Waals surface area contributed by atoms with Gasteiger partial charge in [0.05, 0.1) is 6.54 Å². The molecule has 2 aromatic rings. The van der Waals surface area contributed by atoms with Crippen molar-refractivity contribution in [2.45, 2.75) is 46.6 Å². The Balaban J connectivity index is 1.85. The van der Waals surface area contributed by atoms with Crippen molar-refractivity contribution in [3.63, 3.8) is 0 Å². The fraction of sp³-hybridized carbons (Fsp3) is 0.409. The molecule has 2 heterocycles. The highest BCUT2D eigenvalue weighted by molar-refractivity contribution is 6.30. The smallest absolute Gasteiger partial charge is 0.323 e. The first-order chi connectivity index (χ1) is 13.5. The molecule has 6 nitrogen and oxygen atoms in total. The van der Waals surface area contributed by atoms with Crippen LogP contribution in [0, 0.1) is 19.8 Å². The number of ketones is 1. The Kier molecular flexibility index (Phi) is 5.59. The van der Waals surface area contributed by atoms with E-state index in [0.29, 0.717) is 17.0 Å². The lowest BCUT2D eigenvalue weighted by Gasteiger charge is -2.23. The Morgan fingerprint density at radius 1 is 1.17 bits per heavy atom. The minimum absolute atomic E-state index is 0.234. The molecule has 1 N–H and O–H groups in total. The van der Waals surface area contributed by atoms with Crippen LogP contribution in [0.4, 0.5) is 4.79 Å². The molecule has 1 fully saturated rings. The molecule has 1 atom stereocenters. The van der Waals surface area contributed by atoms with Crippen LogP contribution < -0.4 is 5.32 Å². The number of nitrogens with one attached hydrogen (secondary N) is 1. The zero-order valence-electron chi connectivity index (χ0n) is 17.4. The summed E-state index contributed by atoms with van der Waals surface area (Å²) in [5.41, 5.74) is 2.06. The van der Waals surface area contributed by atoms with Gasteiger partial charge >= 0.3 is 6.03 Å². The molecule has 154 valence electrons. The lowest BCUT2D eigenvalue weighted by molar-refractivity contribution is -0.131. The Labute approximate surface area is 175 Å². The van der Waals surface area contributed by atoms with E-state index in [4.69, 9.17) is 11.6 Å². The number of aromatic nitrogens is 1. The Bertz CT molecular complexity index is 978. The largest absolute Gasteiger partial charge is 0.325 e. The molecule has 7 heteroatoms. The molecule has 3 amide bonds. The summed E-state index contributed by atoms with van der Waals surface area (Å²) in [6, 6.07) is 8.62. The normalized spacial score (nSPS) is 19.2. The molecule has 1 aromatic heterocycles. The van der Waals surface area contributed by atoms with Crippen molar-refractivity contribution in [3.8, 4) is 5.69 Å². The number of urea groups is 1. The first-order valence-electron chi connectivity index (χ1n) is 9.65. The summed E-state index contributed by atoms with van der Waals surface area (Å²) in [6.07, 6.45) is 0.521. The third kappa shape index (κ3) is 3.94. The molecule has 0 bridgehead atoms. The average Bonchev–Trinajstić information content (AvgIpc) is 3.03. The van der Waals surface area contributed by atoms with Crippen LogP contribution in [0.1, 0.15) is 48.9 Å². The predicted molar refractivity (Wildman–Crippen MR) is 113 cm³/mol. The van der Waals surface area contributed by atoms with Crippen molar-refractivity contribution in [2.24, 2.45) is 5.92 Å². The Hall–Kier alpha value is -2.60. The van der Waals surface area contributed by atoms with Crippen molar-refractivity contribution in [2.75, 3.05) is 6.54 Å². The molecule has 1 saturated heterocycles. The van der Waals surface area contributed by atoms with Crippen LogP contribution in [0.25, 0.3) is 5.69 Å². The molecule has 1 unspecified atom stereocenters. The van der Waals surface area contributed by atoms with Crippen LogP contribution in [0.3, 0.4) is 0 Å². The number of amides is 3. The first kappa shape index (κ1) is 21.1. The van der Waals surface area contributed by atoms with Crippen molar-refractivity contribution in [1.82, 2.24) is 14.8 Å². The highest BCUT2D eigenvalue weighted by Crippen LogP contribution is 2.27. The van der Waals surface area contributed by atoms with Gasteiger partial charge in [0.25, 0.3) is 5.91 Å². The molecular weight excluding hydrogens is 390 g/mol. The summed E-state index contributed by atoms with van der Waals surface area (Å²) in [5, 5.41) is 3.38. The summed E-state index contributed by atoms with van der Waals surface area (Å²) < 4.78 is 1.96. The highest BCUT2D eigenvalue weighted by atomic mass is 35.5. The maximum absolute atomic E-state index is 13.0. The minimum atomic E-state index is -0.967. The predicted octanol–water partition coefficient (Wildman–Crippen LogP) is 4.29. The van der Waals surface area contributed by atoms with E-state index in [1.165, 1.54) is 0 Å². The van der Waals surface area contributed by atoms with Gasteiger partial charge in [-0.15, -0.1) is 0 Å². The minimum Gasteiger partial charge on any atom is -0.323 e. The number of carbonyl (C=O) groups excluding carboxylic acids is 3. The second kappa shape index (κ2) is 7.67. The van der Waals surface area contributed by atoms with Crippen LogP contribution in [-0.2, 0) is 4.79 Å². The summed E-state index contributed by atoms with van der Waals surface area (Å²) in [6.45, 7) is 9.18. The van der Waals surface area contributed by atoms with E-state index in [1.54, 1.807) is 25.1 Å². The standard InChI is InChI=1S/C22H26ClN3O3/c1-13(2)11-22(5)20(28)25(21(29)24-22)12-19(27)18-10-14(3)26(15(18)4)17-8-6-16(23)7-9-17/h6-10,13H,11-12H2,1-5H3,(H,24,29). The number of rotatable bonds is 6. The zero-order chi connectivity index (χ0) is 21.5. The third-order valence-corrected chi connectivity index (χ3v) is 5.53. The molecule has 1 aliphatic heterocycles. The lowest BCUT2D eigenvalue weighted by Crippen LogP contribution is -2.45. The summed E-state index contributed by atoms with van der Waals surface area (Å²) in [4.78, 5) is 39.2. The van der Waals surface area contributed by atoms with Crippen molar-refractivity contribution in [1.29, 1.82) is 0 Å². The van der Waals surface area contributed by atoms with Gasteiger partial charge in [-0.1, -0.05) is 25.4 Å². The van der Waals surface area contributed by atoms with Gasteiger partial charge in [-0.2, -0.15) is 0 Å². The molecule has 1 aromatic carbocycles. The van der Waals surface area contributed by atoms with Gasteiger partial charge < -0.3 is 9.88 Å². The maximum atomic E-state index is 13.0. The molecule has 0 aliphatic carbocycles. The Morgan fingerprint density at radius 2 is 1.79 bits per heavy atom. The van der Waals surface area contributed by atoms with Crippen LogP contribution in [-0.4, -0.2) is 39.3 Å². The SMILES string of the molecule is Cc1cc(C(=O)CN2C(=O)NC(C)(CC(C)C)C2=O)c(C)n1-c1ccc(Cl)cc1. The van der Waals surface area contributed by atoms with E-state index >= 15 is 0 Å². The van der Waals surface area contributed by atoms with E-state index < -0.39 is 11.6 Å². The van der Waals surface area contributed by atoms with Crippen molar-refractivity contribution in [3.05, 3.63) is 52.3 Å². The number of benzene rings is 1. The number of nitrogens with zero attached hydrogens (tertiary/aromatic N) is 2. The van der Waals surface area contributed by atoms with Crippen molar-refractivity contribution < 1.29 is 14.4 Å². The number of carbonyl (C=O) groups is 3. The zero-order valence-corrected chi connectivity index (χ0v) is 18.1. The summed E-state index contributed by atoms with van der Waals surface area (Å²) >= 11 is 5.97. The molecule has 0 spiro atoms. The highest BCUT2D eigenvalue weighted by Gasteiger charge is 2.48. The molecule has 29 heavy (non-hydrogen) atoms. The van der Waals surface area contributed by atoms with Gasteiger partial charge in [-0.05, 0) is 63.4 Å². The summed E-state index contributed by atoms with van der Waals surface area (Å²) in [5.74, 6) is -0.384. The molecular formula is C22H26ClN3O3. The number of Topliss-reactive ketones (excluding diaryl/α,β-unsaturated/α-hetero) is 1. The third-order valence-electron chi connectivity index (χ3n) is 5.28. The van der Waals surface area contributed by atoms with Gasteiger partial charge in [0.1, 0.15) is 5.54 Å². The fourth-order valence-corrected chi connectivity index (χ4v) is 4.23. The number of hydrogen-bond donors (Lipinski definition) is 1. The van der Waals surface area contributed by atoms with Gasteiger partial charge in [0.2, 0.25) is 0 Å². The molecule has 0 saturated carbocycles. The van der Waals surface area contributed by atoms with E-state index in [-0.39, 0.29) is 24.2 Å². The summed E-state index contributed by atoms with van der Waals surface area (Å²) in [7, 11) is 0. The van der Waals surface area contributed by atoms with Gasteiger partial charge in [0.15, 0.2) is 5.78 Å². The van der Waals surface area contributed by atoms with E-state index in [9.17, 15) is 14.4 Å². The van der Waals surface area contributed by atoms with E-state index in [1.807, 2.05) is 44.4 Å². The molecule has 0 radical (unpaired) electrons. The molecule has 1 aliphatic rings. The van der Waals surface area contributed by atoms with E-state index in [2.05, 4.69) is 5.32 Å². The van der Waals surface area contributed by atoms with E-state index in [0.717, 1.165) is 22.0 Å². The number of imide groups is 1. The average molecular weight is 416 g/mol. The van der Waals surface area contributed by atoms with Gasteiger partial charge in [0, 0.05) is 27.7 Å². The lowest BCUT2D eigenvalue weighted by atomic mass is 9.91. The second-order valence-electron chi connectivity index (χ2n) is 8.27.